The molecule has 0 saturated heterocycles. The first-order valence-corrected chi connectivity index (χ1v) is 7.80. The third-order valence-corrected chi connectivity index (χ3v) is 3.56. The van der Waals surface area contributed by atoms with Gasteiger partial charge in [0.15, 0.2) is 5.69 Å². The van der Waals surface area contributed by atoms with E-state index in [4.69, 9.17) is 4.74 Å². The molecule has 0 spiro atoms. The Bertz CT molecular complexity index is 911. The van der Waals surface area contributed by atoms with Crippen LogP contribution in [0.3, 0.4) is 0 Å². The van der Waals surface area contributed by atoms with E-state index in [1.807, 2.05) is 30.3 Å². The van der Waals surface area contributed by atoms with Crippen LogP contribution in [0.1, 0.15) is 21.6 Å². The minimum Gasteiger partial charge on any atom is -0.856 e. The van der Waals surface area contributed by atoms with Crippen molar-refractivity contribution in [3.05, 3.63) is 71.4 Å². The van der Waals surface area contributed by atoms with Crippen LogP contribution in [-0.4, -0.2) is 34.3 Å². The molecule has 0 bridgehead atoms. The van der Waals surface area contributed by atoms with Crippen molar-refractivity contribution in [2.75, 3.05) is 7.11 Å². The third kappa shape index (κ3) is 5.40. The number of methoxy groups -OCH3 is 1. The third-order valence-electron chi connectivity index (χ3n) is 3.56. The Balaban J connectivity index is 0.00000261. The van der Waals surface area contributed by atoms with Crippen LogP contribution in [0.25, 0.3) is 0 Å². The molecule has 9 heteroatoms. The van der Waals surface area contributed by atoms with Gasteiger partial charge in [-0.2, -0.15) is 5.10 Å². The van der Waals surface area contributed by atoms with Gasteiger partial charge in [-0.1, -0.05) is 30.3 Å². The molecule has 0 aliphatic rings. The Kier molecular flexibility index (Phi) is 7.54. The number of ether oxygens (including phenoxy) is 1. The van der Waals surface area contributed by atoms with Gasteiger partial charge in [0.05, 0.1) is 13.3 Å². The zero-order valence-corrected chi connectivity index (χ0v) is 17.0. The molecule has 0 atom stereocenters. The molecule has 0 radical (unpaired) electrons. The summed E-state index contributed by atoms with van der Waals surface area (Å²) in [6.07, 6.45) is 1.45. The van der Waals surface area contributed by atoms with Crippen molar-refractivity contribution in [1.29, 1.82) is 0 Å². The summed E-state index contributed by atoms with van der Waals surface area (Å²) in [5.41, 5.74) is 1.36. The molecule has 0 aliphatic heterocycles. The second-order valence-electron chi connectivity index (χ2n) is 5.32. The van der Waals surface area contributed by atoms with Crippen LogP contribution in [0.15, 0.2) is 59.7 Å². The number of aromatic nitrogens is 3. The molecular formula is C18H16N5NaO3. The summed E-state index contributed by atoms with van der Waals surface area (Å²) >= 11 is 0. The predicted octanol–water partition coefficient (Wildman–Crippen LogP) is -1.82. The topological polar surface area (TPSA) is 104 Å². The van der Waals surface area contributed by atoms with Gasteiger partial charge in [-0.3, -0.25) is 4.79 Å². The standard InChI is InChI=1S/C18H17N5O3.Na/c1-26-15-9-7-14(8-10-15)12-20-23-18(25)16(21-22-23)17(24)19-11-13-5-3-2-4-6-13;/h2-10,12,25H,11H2,1H3,(H,19,24);/q;+1/p-1/b20-12+;. The Morgan fingerprint density at radius 3 is 2.59 bits per heavy atom. The van der Waals surface area contributed by atoms with E-state index in [9.17, 15) is 9.90 Å². The van der Waals surface area contributed by atoms with Gasteiger partial charge >= 0.3 is 29.6 Å². The van der Waals surface area contributed by atoms with Crippen LogP contribution in [0.5, 0.6) is 11.6 Å². The number of carbonyl (C=O) groups excluding carboxylic acids is 1. The van der Waals surface area contributed by atoms with Crippen LogP contribution in [0, 0.1) is 0 Å². The van der Waals surface area contributed by atoms with E-state index in [0.717, 1.165) is 15.9 Å². The van der Waals surface area contributed by atoms with Crippen LogP contribution in [-0.2, 0) is 6.54 Å². The molecule has 0 fully saturated rings. The first-order valence-electron chi connectivity index (χ1n) is 7.80. The first-order chi connectivity index (χ1) is 12.7. The van der Waals surface area contributed by atoms with Gasteiger partial charge in [0.2, 0.25) is 0 Å². The maximum Gasteiger partial charge on any atom is 1.00 e. The molecule has 1 N–H and O–H groups in total. The van der Waals surface area contributed by atoms with E-state index in [-0.39, 0.29) is 35.3 Å². The van der Waals surface area contributed by atoms with Gasteiger partial charge in [-0.05, 0) is 40.6 Å². The molecule has 1 amide bonds. The summed E-state index contributed by atoms with van der Waals surface area (Å²) in [7, 11) is 1.58. The van der Waals surface area contributed by atoms with Crippen LogP contribution < -0.4 is 44.7 Å². The maximum absolute atomic E-state index is 12.2. The Morgan fingerprint density at radius 2 is 1.93 bits per heavy atom. The average Bonchev–Trinajstić information content (AvgIpc) is 3.06. The monoisotopic (exact) mass is 373 g/mol. The largest absolute Gasteiger partial charge is 1.00 e. The fourth-order valence-electron chi connectivity index (χ4n) is 2.16. The molecular weight excluding hydrogens is 357 g/mol. The number of rotatable bonds is 6. The Morgan fingerprint density at radius 1 is 1.22 bits per heavy atom. The maximum atomic E-state index is 12.2. The number of nitrogens with zero attached hydrogens (tertiary/aromatic N) is 4. The Labute approximate surface area is 178 Å². The summed E-state index contributed by atoms with van der Waals surface area (Å²) in [4.78, 5) is 12.9. The molecule has 132 valence electrons. The smallest absolute Gasteiger partial charge is 0.856 e. The van der Waals surface area contributed by atoms with E-state index in [1.54, 1.807) is 31.4 Å². The van der Waals surface area contributed by atoms with Gasteiger partial charge in [-0.15, -0.1) is 9.89 Å². The number of carbonyl (C=O) groups is 1. The van der Waals surface area contributed by atoms with Crippen molar-refractivity contribution in [1.82, 2.24) is 20.4 Å². The van der Waals surface area contributed by atoms with Crippen molar-refractivity contribution in [3.63, 3.8) is 0 Å². The van der Waals surface area contributed by atoms with Crippen molar-refractivity contribution >= 4 is 12.1 Å². The van der Waals surface area contributed by atoms with Crippen LogP contribution >= 0.6 is 0 Å². The second kappa shape index (κ2) is 9.86. The Hall–Kier alpha value is -2.68. The molecule has 27 heavy (non-hydrogen) atoms. The second-order valence-corrected chi connectivity index (χ2v) is 5.32. The van der Waals surface area contributed by atoms with Crippen molar-refractivity contribution in [2.45, 2.75) is 6.54 Å². The minimum atomic E-state index is -0.680. The van der Waals surface area contributed by atoms with E-state index >= 15 is 0 Å². The normalized spacial score (nSPS) is 10.4. The zero-order valence-electron chi connectivity index (χ0n) is 15.0. The zero-order chi connectivity index (χ0) is 18.4. The summed E-state index contributed by atoms with van der Waals surface area (Å²) in [5.74, 6) is -0.560. The fourth-order valence-corrected chi connectivity index (χ4v) is 2.16. The molecule has 1 aromatic heterocycles. The summed E-state index contributed by atoms with van der Waals surface area (Å²) in [5, 5.41) is 26.0. The van der Waals surface area contributed by atoms with Crippen LogP contribution in [0.2, 0.25) is 0 Å². The minimum absolute atomic E-state index is 0. The van der Waals surface area contributed by atoms with Crippen molar-refractivity contribution in [3.8, 4) is 11.6 Å². The van der Waals surface area contributed by atoms with E-state index in [2.05, 4.69) is 20.7 Å². The van der Waals surface area contributed by atoms with Gasteiger partial charge in [-0.25, -0.2) is 0 Å². The molecule has 1 heterocycles. The van der Waals surface area contributed by atoms with Gasteiger partial charge in [0.1, 0.15) is 5.75 Å². The number of hydrogen-bond acceptors (Lipinski definition) is 6. The number of amides is 1. The van der Waals surface area contributed by atoms with E-state index in [1.165, 1.54) is 6.21 Å². The van der Waals surface area contributed by atoms with Crippen molar-refractivity contribution in [2.24, 2.45) is 5.10 Å². The first kappa shape index (κ1) is 20.6. The predicted molar refractivity (Wildman–Crippen MR) is 93.1 cm³/mol. The van der Waals surface area contributed by atoms with Gasteiger partial charge in [0, 0.05) is 12.4 Å². The molecule has 3 aromatic rings. The quantitative estimate of drug-likeness (QED) is 0.405. The van der Waals surface area contributed by atoms with E-state index in [0.29, 0.717) is 12.3 Å². The van der Waals surface area contributed by atoms with Crippen LogP contribution in [0.4, 0.5) is 0 Å². The molecule has 3 rings (SSSR count). The SMILES string of the molecule is COc1ccc(/C=N/n2nnc(C(=O)NCc3ccccc3)c2[O-])cc1.[Na+]. The molecule has 8 nitrogen and oxygen atoms in total. The number of benzene rings is 2. The van der Waals surface area contributed by atoms with E-state index < -0.39 is 11.8 Å². The van der Waals surface area contributed by atoms with Crippen molar-refractivity contribution < 1.29 is 44.2 Å². The fraction of sp³-hybridized carbons (Fsp3) is 0.111. The summed E-state index contributed by atoms with van der Waals surface area (Å²) in [6, 6.07) is 16.4. The number of hydrogen-bond donors (Lipinski definition) is 1. The molecule has 0 aliphatic carbocycles. The van der Waals surface area contributed by atoms with Gasteiger partial charge < -0.3 is 15.2 Å². The number of nitrogens with one attached hydrogen (secondary N) is 1. The summed E-state index contributed by atoms with van der Waals surface area (Å²) in [6.45, 7) is 0.293. The molecule has 0 unspecified atom stereocenters. The summed E-state index contributed by atoms with van der Waals surface area (Å²) < 4.78 is 5.07. The molecule has 0 saturated carbocycles. The molecule has 2 aromatic carbocycles. The average molecular weight is 373 g/mol. The van der Waals surface area contributed by atoms with Gasteiger partial charge in [0.25, 0.3) is 5.91 Å².